The first-order valence-corrected chi connectivity index (χ1v) is 10.9. The van der Waals surface area contributed by atoms with Crippen molar-refractivity contribution in [1.29, 1.82) is 0 Å². The van der Waals surface area contributed by atoms with E-state index in [0.717, 1.165) is 18.4 Å². The summed E-state index contributed by atoms with van der Waals surface area (Å²) in [6.45, 7) is 0.471. The van der Waals surface area contributed by atoms with Gasteiger partial charge in [0.15, 0.2) is 4.80 Å². The van der Waals surface area contributed by atoms with E-state index in [1.54, 1.807) is 0 Å². The van der Waals surface area contributed by atoms with E-state index in [4.69, 9.17) is 11.6 Å². The summed E-state index contributed by atoms with van der Waals surface area (Å²) in [4.78, 5) is 48.6. The summed E-state index contributed by atoms with van der Waals surface area (Å²) in [5, 5.41) is 2.67. The van der Waals surface area contributed by atoms with Crippen molar-refractivity contribution in [1.82, 2.24) is 19.1 Å². The van der Waals surface area contributed by atoms with E-state index < -0.39 is 17.2 Å². The maximum absolute atomic E-state index is 12.8. The molecule has 0 radical (unpaired) electrons. The number of hydrogen-bond acceptors (Lipinski definition) is 5. The number of halogens is 1. The Kier molecular flexibility index (Phi) is 4.91. The molecule has 5 rings (SSSR count). The maximum atomic E-state index is 12.8. The third kappa shape index (κ3) is 3.77. The van der Waals surface area contributed by atoms with Crippen LogP contribution < -0.4 is 16.1 Å². The lowest BCUT2D eigenvalue weighted by Gasteiger charge is -2.07. The molecule has 0 spiro atoms. The van der Waals surface area contributed by atoms with Gasteiger partial charge >= 0.3 is 5.69 Å². The van der Waals surface area contributed by atoms with Crippen LogP contribution in [0.1, 0.15) is 34.8 Å². The van der Waals surface area contributed by atoms with Crippen LogP contribution in [0.25, 0.3) is 11.0 Å². The lowest BCUT2D eigenvalue weighted by Crippen LogP contribution is -2.30. The number of H-pyrrole nitrogens is 1. The molecule has 3 heterocycles. The van der Waals surface area contributed by atoms with Crippen LogP contribution >= 0.6 is 22.9 Å². The van der Waals surface area contributed by atoms with Crippen LogP contribution in [-0.4, -0.2) is 25.0 Å². The average molecular weight is 454 g/mol. The fraction of sp³-hybridized carbons (Fsp3) is 0.190. The minimum atomic E-state index is -0.566. The number of nitrogens with zero attached hydrogens (tertiary/aromatic N) is 4. The Morgan fingerprint density at radius 1 is 1.29 bits per heavy atom. The fourth-order valence-electron chi connectivity index (χ4n) is 3.39. The Morgan fingerprint density at radius 3 is 2.87 bits per heavy atom. The van der Waals surface area contributed by atoms with Gasteiger partial charge in [0, 0.05) is 28.8 Å². The van der Waals surface area contributed by atoms with Gasteiger partial charge in [-0.2, -0.15) is 4.99 Å². The number of carbonyl (C=O) groups excluding carboxylic acids is 1. The molecule has 0 aliphatic heterocycles. The van der Waals surface area contributed by atoms with Crippen LogP contribution in [0.15, 0.2) is 62.7 Å². The van der Waals surface area contributed by atoms with E-state index >= 15 is 0 Å². The van der Waals surface area contributed by atoms with Crippen molar-refractivity contribution in [2.24, 2.45) is 4.99 Å². The molecule has 4 aromatic rings. The monoisotopic (exact) mass is 453 g/mol. The first kappa shape index (κ1) is 19.7. The quantitative estimate of drug-likeness (QED) is 0.513. The number of hydrogen-bond donors (Lipinski definition) is 1. The lowest BCUT2D eigenvalue weighted by molar-refractivity contribution is 0.0997. The Labute approximate surface area is 184 Å². The van der Waals surface area contributed by atoms with E-state index in [2.05, 4.69) is 15.0 Å². The number of rotatable bonds is 4. The largest absolute Gasteiger partial charge is 0.330 e. The summed E-state index contributed by atoms with van der Waals surface area (Å²) >= 11 is 7.56. The zero-order valence-electron chi connectivity index (χ0n) is 16.1. The van der Waals surface area contributed by atoms with Gasteiger partial charge in [0.05, 0.1) is 17.5 Å². The highest BCUT2D eigenvalue weighted by molar-refractivity contribution is 7.07. The molecule has 0 atom stereocenters. The number of pyridine rings is 1. The van der Waals surface area contributed by atoms with Crippen LogP contribution in [0.2, 0.25) is 5.02 Å². The molecule has 3 aromatic heterocycles. The zero-order chi connectivity index (χ0) is 21.5. The number of carbonyl (C=O) groups is 1. The minimum Gasteiger partial charge on any atom is -0.319 e. The third-order valence-electron chi connectivity index (χ3n) is 5.09. The molecular formula is C21H16ClN5O3S. The van der Waals surface area contributed by atoms with Gasteiger partial charge in [-0.1, -0.05) is 29.8 Å². The minimum absolute atomic E-state index is 0.0421. The van der Waals surface area contributed by atoms with Crippen molar-refractivity contribution >= 4 is 39.9 Å². The number of amides is 1. The van der Waals surface area contributed by atoms with Crippen molar-refractivity contribution < 1.29 is 4.79 Å². The Hall–Kier alpha value is -3.30. The average Bonchev–Trinajstić information content (AvgIpc) is 3.49. The molecule has 1 aliphatic carbocycles. The number of nitrogens with one attached hydrogen (secondary N) is 1. The SMILES string of the molecule is O=C(N=c1sccn1Cc1ccccc1Cl)c1cnc2c(c1)c(=O)[nH]c(=O)n2C1CC1. The van der Waals surface area contributed by atoms with E-state index in [1.165, 1.54) is 28.2 Å². The Morgan fingerprint density at radius 2 is 2.10 bits per heavy atom. The number of benzene rings is 1. The van der Waals surface area contributed by atoms with Gasteiger partial charge in [0.2, 0.25) is 0 Å². The topological polar surface area (TPSA) is 102 Å². The molecule has 0 bridgehead atoms. The maximum Gasteiger partial charge on any atom is 0.330 e. The van der Waals surface area contributed by atoms with Crippen molar-refractivity contribution in [2.75, 3.05) is 0 Å². The van der Waals surface area contributed by atoms with E-state index in [9.17, 15) is 14.4 Å². The molecule has 1 amide bonds. The van der Waals surface area contributed by atoms with Gasteiger partial charge in [-0.15, -0.1) is 11.3 Å². The van der Waals surface area contributed by atoms with Gasteiger partial charge in [-0.3, -0.25) is 19.1 Å². The second-order valence-corrected chi connectivity index (χ2v) is 8.56. The predicted octanol–water partition coefficient (Wildman–Crippen LogP) is 2.73. The van der Waals surface area contributed by atoms with Crippen LogP contribution in [0.3, 0.4) is 0 Å². The summed E-state index contributed by atoms with van der Waals surface area (Å²) < 4.78 is 3.31. The first-order chi connectivity index (χ1) is 15.0. The summed E-state index contributed by atoms with van der Waals surface area (Å²) in [7, 11) is 0. The second-order valence-electron chi connectivity index (χ2n) is 7.28. The molecule has 0 saturated heterocycles. The van der Waals surface area contributed by atoms with Crippen LogP contribution in [0, 0.1) is 0 Å². The van der Waals surface area contributed by atoms with E-state index in [1.807, 2.05) is 40.4 Å². The smallest absolute Gasteiger partial charge is 0.319 e. The third-order valence-corrected chi connectivity index (χ3v) is 6.26. The van der Waals surface area contributed by atoms with Gasteiger partial charge in [-0.05, 0) is 30.5 Å². The molecule has 1 aliphatic rings. The van der Waals surface area contributed by atoms with Gasteiger partial charge in [-0.25, -0.2) is 9.78 Å². The predicted molar refractivity (Wildman–Crippen MR) is 118 cm³/mol. The van der Waals surface area contributed by atoms with Gasteiger partial charge in [0.25, 0.3) is 11.5 Å². The standard InChI is InChI=1S/C21H16ClN5O3S/c22-16-4-2-1-3-12(16)11-26-7-8-31-21(26)25-18(28)13-9-15-17(23-10-13)27(14-5-6-14)20(30)24-19(15)29/h1-4,7-10,14H,5-6,11H2,(H,24,29,30). The number of thiazole rings is 1. The number of fused-ring (bicyclic) bond motifs is 1. The Balaban J connectivity index is 1.52. The van der Waals surface area contributed by atoms with Crippen LogP contribution in [0.5, 0.6) is 0 Å². The molecule has 0 unspecified atom stereocenters. The number of aromatic amines is 1. The molecule has 31 heavy (non-hydrogen) atoms. The van der Waals surface area contributed by atoms with Crippen LogP contribution in [0.4, 0.5) is 0 Å². The molecule has 10 heteroatoms. The second kappa shape index (κ2) is 7.75. The molecular weight excluding hydrogens is 438 g/mol. The molecule has 1 aromatic carbocycles. The number of aromatic nitrogens is 4. The zero-order valence-corrected chi connectivity index (χ0v) is 17.7. The molecule has 1 fully saturated rings. The lowest BCUT2D eigenvalue weighted by atomic mass is 10.2. The van der Waals surface area contributed by atoms with E-state index in [0.29, 0.717) is 16.4 Å². The fourth-order valence-corrected chi connectivity index (χ4v) is 4.32. The van der Waals surface area contributed by atoms with Crippen molar-refractivity contribution in [3.63, 3.8) is 0 Å². The highest BCUT2D eigenvalue weighted by atomic mass is 35.5. The molecule has 156 valence electrons. The highest BCUT2D eigenvalue weighted by Crippen LogP contribution is 2.34. The molecule has 1 N–H and O–H groups in total. The van der Waals surface area contributed by atoms with E-state index in [-0.39, 0.29) is 22.6 Å². The van der Waals surface area contributed by atoms with Gasteiger partial charge < -0.3 is 4.57 Å². The molecule has 8 nitrogen and oxygen atoms in total. The molecule has 1 saturated carbocycles. The van der Waals surface area contributed by atoms with Crippen molar-refractivity contribution in [2.45, 2.75) is 25.4 Å². The van der Waals surface area contributed by atoms with Crippen LogP contribution in [-0.2, 0) is 6.54 Å². The van der Waals surface area contributed by atoms with Crippen molar-refractivity contribution in [3.8, 4) is 0 Å². The first-order valence-electron chi connectivity index (χ1n) is 9.62. The summed E-state index contributed by atoms with van der Waals surface area (Å²) in [6.07, 6.45) is 4.92. The van der Waals surface area contributed by atoms with Gasteiger partial charge in [0.1, 0.15) is 5.65 Å². The Bertz CT molecular complexity index is 1510. The summed E-state index contributed by atoms with van der Waals surface area (Å²) in [5.74, 6) is -0.520. The summed E-state index contributed by atoms with van der Waals surface area (Å²) in [6, 6.07) is 8.96. The highest BCUT2D eigenvalue weighted by Gasteiger charge is 2.27. The summed E-state index contributed by atoms with van der Waals surface area (Å²) in [5.41, 5.74) is 0.335. The normalized spacial score (nSPS) is 14.3. The van der Waals surface area contributed by atoms with Crippen molar-refractivity contribution in [3.05, 3.63) is 89.9 Å².